The Bertz CT molecular complexity index is 1500. The summed E-state index contributed by atoms with van der Waals surface area (Å²) >= 11 is 0. The van der Waals surface area contributed by atoms with E-state index in [9.17, 15) is 4.39 Å². The number of hydrogen-bond donors (Lipinski definition) is 1. The van der Waals surface area contributed by atoms with E-state index in [1.54, 1.807) is 36.3 Å². The van der Waals surface area contributed by atoms with E-state index in [2.05, 4.69) is 30.4 Å². The van der Waals surface area contributed by atoms with Gasteiger partial charge in [-0.15, -0.1) is 5.10 Å². The second-order valence-corrected chi connectivity index (χ2v) is 8.64. The molecule has 9 nitrogen and oxygen atoms in total. The molecular formula is C26H24FN7O2. The number of ether oxygens (including phenoxy) is 2. The van der Waals surface area contributed by atoms with Crippen molar-refractivity contribution in [3.8, 4) is 22.7 Å². The molecule has 6 rings (SSSR count). The number of benzene rings is 2. The molecule has 0 spiro atoms. The molecule has 182 valence electrons. The highest BCUT2D eigenvalue weighted by atomic mass is 19.1. The minimum Gasteiger partial charge on any atom is -0.496 e. The summed E-state index contributed by atoms with van der Waals surface area (Å²) in [6, 6.07) is 14.7. The Kier molecular flexibility index (Phi) is 5.88. The van der Waals surface area contributed by atoms with Crippen LogP contribution in [0, 0.1) is 5.82 Å². The average Bonchev–Trinajstić information content (AvgIpc) is 3.58. The van der Waals surface area contributed by atoms with Gasteiger partial charge in [0.15, 0.2) is 0 Å². The van der Waals surface area contributed by atoms with Crippen molar-refractivity contribution in [1.29, 1.82) is 0 Å². The minimum absolute atomic E-state index is 0.268. The van der Waals surface area contributed by atoms with E-state index in [-0.39, 0.29) is 11.9 Å². The second kappa shape index (κ2) is 9.48. The number of hydrogen-bond acceptors (Lipinski definition) is 7. The Morgan fingerprint density at radius 2 is 2.06 bits per heavy atom. The molecule has 0 radical (unpaired) electrons. The third-order valence-corrected chi connectivity index (χ3v) is 6.43. The predicted molar refractivity (Wildman–Crippen MR) is 131 cm³/mol. The third kappa shape index (κ3) is 4.21. The molecule has 1 N–H and O–H groups in total. The highest BCUT2D eigenvalue weighted by Gasteiger charge is 2.26. The van der Waals surface area contributed by atoms with Crippen molar-refractivity contribution >= 4 is 10.9 Å². The number of rotatable bonds is 6. The topological polar surface area (TPSA) is 94.0 Å². The largest absolute Gasteiger partial charge is 0.496 e. The fourth-order valence-electron chi connectivity index (χ4n) is 4.56. The van der Waals surface area contributed by atoms with Crippen molar-refractivity contribution in [2.24, 2.45) is 0 Å². The van der Waals surface area contributed by atoms with Gasteiger partial charge in [0, 0.05) is 48.5 Å². The lowest BCUT2D eigenvalue weighted by molar-refractivity contribution is -0.0354. The van der Waals surface area contributed by atoms with Crippen LogP contribution >= 0.6 is 0 Å². The average molecular weight is 486 g/mol. The van der Waals surface area contributed by atoms with Gasteiger partial charge in [0.1, 0.15) is 29.1 Å². The molecule has 4 heterocycles. The molecule has 1 aliphatic heterocycles. The Hall–Kier alpha value is -4.15. The van der Waals surface area contributed by atoms with Crippen LogP contribution in [0.3, 0.4) is 0 Å². The van der Waals surface area contributed by atoms with Crippen molar-refractivity contribution < 1.29 is 13.9 Å². The van der Waals surface area contributed by atoms with Gasteiger partial charge in [0.2, 0.25) is 0 Å². The first-order chi connectivity index (χ1) is 17.7. The van der Waals surface area contributed by atoms with Crippen LogP contribution in [0.5, 0.6) is 5.75 Å². The maximum Gasteiger partial charge on any atom is 0.131 e. The van der Waals surface area contributed by atoms with Gasteiger partial charge in [0.25, 0.3) is 0 Å². The second-order valence-electron chi connectivity index (χ2n) is 8.64. The van der Waals surface area contributed by atoms with Crippen molar-refractivity contribution in [2.45, 2.75) is 12.6 Å². The SMILES string of the molecule is COc1cccc(F)c1CN1CCOC(c2cn(-c3ccc4[nH]nc(-c5ccncc5)c4c3)nn2)C1. The third-order valence-electron chi connectivity index (χ3n) is 6.43. The molecule has 1 fully saturated rings. The lowest BCUT2D eigenvalue weighted by Crippen LogP contribution is -2.38. The molecule has 36 heavy (non-hydrogen) atoms. The van der Waals surface area contributed by atoms with Gasteiger partial charge in [-0.1, -0.05) is 11.3 Å². The van der Waals surface area contributed by atoms with E-state index < -0.39 is 0 Å². The molecule has 1 unspecified atom stereocenters. The van der Waals surface area contributed by atoms with Crippen LogP contribution in [0.2, 0.25) is 0 Å². The number of H-pyrrole nitrogens is 1. The lowest BCUT2D eigenvalue weighted by atomic mass is 10.1. The van der Waals surface area contributed by atoms with E-state index >= 15 is 0 Å². The van der Waals surface area contributed by atoms with Crippen LogP contribution < -0.4 is 4.74 Å². The zero-order valence-electron chi connectivity index (χ0n) is 19.6. The maximum atomic E-state index is 14.5. The highest BCUT2D eigenvalue weighted by Crippen LogP contribution is 2.29. The fourth-order valence-corrected chi connectivity index (χ4v) is 4.56. The summed E-state index contributed by atoms with van der Waals surface area (Å²) in [6.45, 7) is 2.21. The van der Waals surface area contributed by atoms with Crippen molar-refractivity contribution in [1.82, 2.24) is 35.1 Å². The molecule has 0 amide bonds. The van der Waals surface area contributed by atoms with Gasteiger partial charge in [0.05, 0.1) is 31.1 Å². The Morgan fingerprint density at radius 1 is 1.17 bits per heavy atom. The Labute approximate surface area is 206 Å². The van der Waals surface area contributed by atoms with Gasteiger partial charge in [-0.3, -0.25) is 15.0 Å². The first-order valence-corrected chi connectivity index (χ1v) is 11.7. The summed E-state index contributed by atoms with van der Waals surface area (Å²) in [6.07, 6.45) is 5.11. The van der Waals surface area contributed by atoms with Crippen LogP contribution in [-0.2, 0) is 11.3 Å². The molecule has 1 aliphatic rings. The summed E-state index contributed by atoms with van der Waals surface area (Å²) in [5.41, 5.74) is 4.89. The number of pyridine rings is 1. The molecule has 0 aliphatic carbocycles. The molecular weight excluding hydrogens is 461 g/mol. The number of fused-ring (bicyclic) bond motifs is 1. The fraction of sp³-hybridized carbons (Fsp3) is 0.231. The summed E-state index contributed by atoms with van der Waals surface area (Å²) in [5.74, 6) is 0.272. The van der Waals surface area contributed by atoms with Gasteiger partial charge in [-0.2, -0.15) is 5.10 Å². The molecule has 10 heteroatoms. The monoisotopic (exact) mass is 485 g/mol. The summed E-state index contributed by atoms with van der Waals surface area (Å²) in [5, 5.41) is 17.3. The van der Waals surface area contributed by atoms with Crippen LogP contribution in [0.4, 0.5) is 4.39 Å². The molecule has 3 aromatic heterocycles. The van der Waals surface area contributed by atoms with Crippen molar-refractivity contribution in [3.63, 3.8) is 0 Å². The Balaban J connectivity index is 1.23. The molecule has 1 saturated heterocycles. The highest BCUT2D eigenvalue weighted by molar-refractivity contribution is 5.94. The zero-order chi connectivity index (χ0) is 24.5. The minimum atomic E-state index is -0.274. The normalized spacial score (nSPS) is 16.4. The summed E-state index contributed by atoms with van der Waals surface area (Å²) < 4.78 is 27.5. The maximum absolute atomic E-state index is 14.5. The molecule has 0 bridgehead atoms. The zero-order valence-corrected chi connectivity index (χ0v) is 19.6. The number of methoxy groups -OCH3 is 1. The van der Waals surface area contributed by atoms with E-state index in [1.807, 2.05) is 36.5 Å². The van der Waals surface area contributed by atoms with Crippen LogP contribution in [0.1, 0.15) is 17.4 Å². The molecule has 1 atom stereocenters. The lowest BCUT2D eigenvalue weighted by Gasteiger charge is -2.32. The van der Waals surface area contributed by atoms with E-state index in [0.29, 0.717) is 37.6 Å². The number of aromatic nitrogens is 6. The Morgan fingerprint density at radius 3 is 2.92 bits per heavy atom. The van der Waals surface area contributed by atoms with E-state index in [4.69, 9.17) is 9.47 Å². The van der Waals surface area contributed by atoms with Gasteiger partial charge in [-0.25, -0.2) is 9.07 Å². The van der Waals surface area contributed by atoms with Crippen LogP contribution in [0.15, 0.2) is 67.1 Å². The van der Waals surface area contributed by atoms with Gasteiger partial charge < -0.3 is 9.47 Å². The van der Waals surface area contributed by atoms with E-state index in [0.717, 1.165) is 33.5 Å². The van der Waals surface area contributed by atoms with E-state index in [1.165, 1.54) is 6.07 Å². The van der Waals surface area contributed by atoms with Gasteiger partial charge in [-0.05, 0) is 42.5 Å². The van der Waals surface area contributed by atoms with Gasteiger partial charge >= 0.3 is 0 Å². The summed E-state index contributed by atoms with van der Waals surface area (Å²) in [7, 11) is 1.56. The number of halogens is 1. The number of nitrogens with zero attached hydrogens (tertiary/aromatic N) is 6. The van der Waals surface area contributed by atoms with Crippen LogP contribution in [-0.4, -0.2) is 61.9 Å². The first kappa shape index (κ1) is 22.3. The number of morpholine rings is 1. The summed E-state index contributed by atoms with van der Waals surface area (Å²) in [4.78, 5) is 6.23. The van der Waals surface area contributed by atoms with Crippen molar-refractivity contribution in [3.05, 3.63) is 84.2 Å². The van der Waals surface area contributed by atoms with Crippen LogP contribution in [0.25, 0.3) is 27.8 Å². The molecule has 0 saturated carbocycles. The smallest absolute Gasteiger partial charge is 0.131 e. The number of nitrogens with one attached hydrogen (secondary N) is 1. The quantitative estimate of drug-likeness (QED) is 0.390. The first-order valence-electron chi connectivity index (χ1n) is 11.7. The van der Waals surface area contributed by atoms with Crippen molar-refractivity contribution in [2.75, 3.05) is 26.8 Å². The molecule has 5 aromatic rings. The number of aromatic amines is 1. The molecule has 2 aromatic carbocycles. The standard InChI is InChI=1S/C26H24FN7O2/c1-35-24-4-2-3-21(27)20(24)14-33-11-12-36-25(16-33)23-15-34(32-30-23)18-5-6-22-19(13-18)26(31-29-22)17-7-9-28-10-8-17/h2-10,13,15,25H,11-12,14,16H2,1H3,(H,29,31). The predicted octanol–water partition coefficient (Wildman–Crippen LogP) is 3.93.